The van der Waals surface area contributed by atoms with Gasteiger partial charge in [-0.2, -0.15) is 8.42 Å². The highest BCUT2D eigenvalue weighted by atomic mass is 79.9. The van der Waals surface area contributed by atoms with Crippen LogP contribution in [0.15, 0.2) is 0 Å². The Labute approximate surface area is 83.0 Å². The predicted octanol–water partition coefficient (Wildman–Crippen LogP) is -0.604. The fourth-order valence-corrected chi connectivity index (χ4v) is 1.22. The number of nitrogens with two attached hydrogens (primary N) is 1. The van der Waals surface area contributed by atoms with Gasteiger partial charge in [-0.05, 0) is 13.0 Å². The summed E-state index contributed by atoms with van der Waals surface area (Å²) in [5.74, 6) is 0. The summed E-state index contributed by atoms with van der Waals surface area (Å²) >= 11 is 0. The molecule has 6 nitrogen and oxygen atoms in total. The van der Waals surface area contributed by atoms with Crippen LogP contribution >= 0.6 is 17.0 Å². The summed E-state index contributed by atoms with van der Waals surface area (Å²) in [5, 5.41) is 0. The molecule has 0 radical (unpaired) electrons. The van der Waals surface area contributed by atoms with Crippen LogP contribution in [-0.4, -0.2) is 30.3 Å². The van der Waals surface area contributed by atoms with Crippen molar-refractivity contribution in [3.63, 3.8) is 0 Å². The van der Waals surface area contributed by atoms with Gasteiger partial charge in [0.05, 0.1) is 6.61 Å². The average molecular weight is 284 g/mol. The van der Waals surface area contributed by atoms with Gasteiger partial charge in [-0.15, -0.1) is 17.0 Å². The fraction of sp³-hybridized carbons (Fsp3) is 1.00. The second-order valence-corrected chi connectivity index (χ2v) is 5.18. The molecule has 0 rings (SSSR count). The van der Waals surface area contributed by atoms with Crippen molar-refractivity contribution in [3.8, 4) is 0 Å². The Morgan fingerprint density at radius 2 is 2.00 bits per heavy atom. The maximum Gasteiger partial charge on any atom is 0.373 e. The van der Waals surface area contributed by atoms with E-state index in [0.717, 1.165) is 0 Å². The molecule has 1 atom stereocenters. The Balaban J connectivity index is 0. The molecule has 0 aromatic heterocycles. The third kappa shape index (κ3) is 7.13. The van der Waals surface area contributed by atoms with Crippen molar-refractivity contribution in [1.82, 2.24) is 0 Å². The van der Waals surface area contributed by atoms with E-state index in [1.165, 1.54) is 0 Å². The van der Waals surface area contributed by atoms with Gasteiger partial charge in [0.2, 0.25) is 0 Å². The van der Waals surface area contributed by atoms with Gasteiger partial charge in [-0.3, -0.25) is 8.74 Å². The van der Waals surface area contributed by atoms with Crippen molar-refractivity contribution in [3.05, 3.63) is 0 Å². The number of halogens is 1. The molecule has 12 heavy (non-hydrogen) atoms. The topological polar surface area (TPSA) is 107 Å². The van der Waals surface area contributed by atoms with Crippen molar-refractivity contribution < 1.29 is 21.4 Å². The zero-order valence-corrected chi connectivity index (χ0v) is 9.35. The zero-order valence-electron chi connectivity index (χ0n) is 6.00. The van der Waals surface area contributed by atoms with E-state index in [1.807, 2.05) is 0 Å². The Morgan fingerprint density at radius 3 is 2.33 bits per heavy atom. The van der Waals surface area contributed by atoms with Crippen LogP contribution in [0.2, 0.25) is 0 Å². The van der Waals surface area contributed by atoms with Crippen LogP contribution < -0.4 is 5.73 Å². The van der Waals surface area contributed by atoms with Crippen LogP contribution in [0.25, 0.3) is 0 Å². The van der Waals surface area contributed by atoms with Crippen LogP contribution in [0.5, 0.6) is 0 Å². The Hall–Kier alpha value is 0.460. The van der Waals surface area contributed by atoms with E-state index in [0.29, 0.717) is 13.0 Å². The van der Waals surface area contributed by atoms with Crippen LogP contribution in [-0.2, 0) is 23.4 Å². The number of hydrogen-bond donors (Lipinski definition) is 2. The Kier molecular flexibility index (Phi) is 8.63. The minimum Gasteiger partial charge on any atom is -0.330 e. The van der Waals surface area contributed by atoms with Crippen molar-refractivity contribution in [2.75, 3.05) is 13.2 Å². The normalized spacial score (nSPS) is 13.5. The summed E-state index contributed by atoms with van der Waals surface area (Å²) in [7, 11) is -7.24. The van der Waals surface area contributed by atoms with Crippen molar-refractivity contribution in [1.29, 1.82) is 0 Å². The van der Waals surface area contributed by atoms with Gasteiger partial charge in [0.1, 0.15) is 0 Å². The third-order valence-corrected chi connectivity index (χ3v) is 2.72. The van der Waals surface area contributed by atoms with Crippen molar-refractivity contribution in [2.24, 2.45) is 5.73 Å². The second kappa shape index (κ2) is 6.92. The van der Waals surface area contributed by atoms with E-state index in [9.17, 15) is 12.6 Å². The second-order valence-electron chi connectivity index (χ2n) is 1.60. The number of hydrogen-bond acceptors (Lipinski definition) is 5. The van der Waals surface area contributed by atoms with E-state index in [1.54, 1.807) is 0 Å². The van der Waals surface area contributed by atoms with E-state index in [4.69, 9.17) is 10.3 Å². The largest absolute Gasteiger partial charge is 0.373 e. The molecule has 0 spiro atoms. The first kappa shape index (κ1) is 15.0. The van der Waals surface area contributed by atoms with E-state index >= 15 is 0 Å². The van der Waals surface area contributed by atoms with Gasteiger partial charge in [-0.1, -0.05) is 0 Å². The molecular formula is C3H10BrNO5S2. The predicted molar refractivity (Wildman–Crippen MR) is 49.6 cm³/mol. The molecule has 0 aliphatic heterocycles. The summed E-state index contributed by atoms with van der Waals surface area (Å²) < 4.78 is 42.7. The molecule has 0 aliphatic rings. The molecule has 0 saturated heterocycles. The lowest BCUT2D eigenvalue weighted by Crippen LogP contribution is -2.12. The highest BCUT2D eigenvalue weighted by Crippen LogP contribution is 1.95. The minimum atomic E-state index is -4.57. The van der Waals surface area contributed by atoms with Crippen molar-refractivity contribution >= 4 is 36.2 Å². The lowest BCUT2D eigenvalue weighted by atomic mass is 10.5. The standard InChI is InChI=1S/C3H9NO5S2.BrH/c4-2-1-3-9-10(5)11(6,7)8;/h1-4H2,(H,6,7,8);1H. The molecule has 0 amide bonds. The summed E-state index contributed by atoms with van der Waals surface area (Å²) in [6, 6.07) is 0. The summed E-state index contributed by atoms with van der Waals surface area (Å²) in [4.78, 5) is 0. The summed E-state index contributed by atoms with van der Waals surface area (Å²) in [6.45, 7) is 0.256. The lowest BCUT2D eigenvalue weighted by Gasteiger charge is -1.97. The molecule has 0 aromatic rings. The Bertz CT molecular complexity index is 227. The molecule has 0 heterocycles. The molecule has 9 heteroatoms. The molecule has 0 aromatic carbocycles. The van der Waals surface area contributed by atoms with Crippen LogP contribution in [0, 0.1) is 0 Å². The zero-order chi connectivity index (χ0) is 8.91. The van der Waals surface area contributed by atoms with Gasteiger partial charge in [0.15, 0.2) is 0 Å². The molecule has 0 aliphatic carbocycles. The van der Waals surface area contributed by atoms with Gasteiger partial charge in [-0.25, -0.2) is 4.21 Å². The molecule has 1 unspecified atom stereocenters. The maximum atomic E-state index is 10.3. The smallest absolute Gasteiger partial charge is 0.330 e. The first-order chi connectivity index (χ1) is 4.98. The maximum absolute atomic E-state index is 10.3. The summed E-state index contributed by atoms with van der Waals surface area (Å²) in [6.07, 6.45) is 0.390. The highest BCUT2D eigenvalue weighted by molar-refractivity contribution is 8.93. The van der Waals surface area contributed by atoms with Gasteiger partial charge >= 0.3 is 19.3 Å². The van der Waals surface area contributed by atoms with E-state index in [-0.39, 0.29) is 23.6 Å². The molecule has 76 valence electrons. The average Bonchev–Trinajstić information content (AvgIpc) is 1.86. The minimum absolute atomic E-state index is 0. The van der Waals surface area contributed by atoms with E-state index < -0.39 is 19.3 Å². The number of rotatable bonds is 5. The van der Waals surface area contributed by atoms with Gasteiger partial charge < -0.3 is 5.73 Å². The van der Waals surface area contributed by atoms with E-state index in [2.05, 4.69) is 4.18 Å². The highest BCUT2D eigenvalue weighted by Gasteiger charge is 2.16. The molecule has 0 fully saturated rings. The molecule has 0 bridgehead atoms. The van der Waals surface area contributed by atoms with Gasteiger partial charge in [0.25, 0.3) is 0 Å². The van der Waals surface area contributed by atoms with Crippen LogP contribution in [0.1, 0.15) is 6.42 Å². The van der Waals surface area contributed by atoms with Crippen LogP contribution in [0.4, 0.5) is 0 Å². The fourth-order valence-electron chi connectivity index (χ4n) is 0.271. The first-order valence-corrected chi connectivity index (χ1v) is 5.74. The first-order valence-electron chi connectivity index (χ1n) is 2.71. The van der Waals surface area contributed by atoms with Crippen molar-refractivity contribution in [2.45, 2.75) is 6.42 Å². The monoisotopic (exact) mass is 283 g/mol. The SMILES string of the molecule is Br.NCCCOS(=O)S(=O)(=O)O. The Morgan fingerprint density at radius 1 is 1.50 bits per heavy atom. The molecule has 0 saturated carbocycles. The quantitative estimate of drug-likeness (QED) is 0.396. The summed E-state index contributed by atoms with van der Waals surface area (Å²) in [5.41, 5.74) is 5.03. The molecular weight excluding hydrogens is 274 g/mol. The van der Waals surface area contributed by atoms with Crippen LogP contribution in [0.3, 0.4) is 0 Å². The lowest BCUT2D eigenvalue weighted by molar-refractivity contribution is 0.346. The third-order valence-electron chi connectivity index (χ3n) is 0.700. The molecule has 3 N–H and O–H groups in total. The van der Waals surface area contributed by atoms with Gasteiger partial charge in [0, 0.05) is 0 Å².